The lowest BCUT2D eigenvalue weighted by molar-refractivity contribution is 0.134. The molecular weight excluding hydrogens is 222 g/mol. The summed E-state index contributed by atoms with van der Waals surface area (Å²) >= 11 is 0. The molecule has 1 aromatic rings. The summed E-state index contributed by atoms with van der Waals surface area (Å²) in [5, 5.41) is 3.67. The first-order chi connectivity index (χ1) is 8.59. The van der Waals surface area contributed by atoms with Crippen molar-refractivity contribution >= 4 is 0 Å². The van der Waals surface area contributed by atoms with Gasteiger partial charge in [-0.1, -0.05) is 13.0 Å². The Labute approximate surface area is 111 Å². The Morgan fingerprint density at radius 2 is 2.17 bits per heavy atom. The first-order valence-electron chi connectivity index (χ1n) is 6.91. The van der Waals surface area contributed by atoms with E-state index in [1.807, 2.05) is 18.5 Å². The predicted octanol–water partition coefficient (Wildman–Crippen LogP) is 2.46. The van der Waals surface area contributed by atoms with Crippen LogP contribution in [0.15, 0.2) is 24.5 Å². The molecule has 0 bridgehead atoms. The summed E-state index contributed by atoms with van der Waals surface area (Å²) in [6.07, 6.45) is 6.36. The molecule has 1 N–H and O–H groups in total. The third-order valence-electron chi connectivity index (χ3n) is 4.21. The van der Waals surface area contributed by atoms with Crippen molar-refractivity contribution in [3.8, 4) is 0 Å². The molecule has 2 heterocycles. The highest BCUT2D eigenvalue weighted by atomic mass is 15.1. The van der Waals surface area contributed by atoms with Gasteiger partial charge in [0, 0.05) is 25.0 Å². The zero-order valence-electron chi connectivity index (χ0n) is 11.8. The summed E-state index contributed by atoms with van der Waals surface area (Å²) in [6.45, 7) is 8.16. The van der Waals surface area contributed by atoms with Gasteiger partial charge in [-0.2, -0.15) is 0 Å². The SMILES string of the molecule is CC(NCC1(C)CCN(C)CC1)c1cccnc1. The van der Waals surface area contributed by atoms with E-state index < -0.39 is 0 Å². The molecule has 18 heavy (non-hydrogen) atoms. The average molecular weight is 247 g/mol. The molecule has 100 valence electrons. The van der Waals surface area contributed by atoms with E-state index in [0.29, 0.717) is 11.5 Å². The highest BCUT2D eigenvalue weighted by Crippen LogP contribution is 2.30. The van der Waals surface area contributed by atoms with E-state index >= 15 is 0 Å². The van der Waals surface area contributed by atoms with Crippen molar-refractivity contribution < 1.29 is 0 Å². The second-order valence-electron chi connectivity index (χ2n) is 6.00. The molecule has 0 spiro atoms. The van der Waals surface area contributed by atoms with E-state index in [2.05, 4.69) is 42.2 Å². The monoisotopic (exact) mass is 247 g/mol. The minimum absolute atomic E-state index is 0.384. The lowest BCUT2D eigenvalue weighted by Gasteiger charge is -2.38. The molecule has 0 aliphatic carbocycles. The molecule has 2 rings (SSSR count). The van der Waals surface area contributed by atoms with Gasteiger partial charge in [-0.25, -0.2) is 0 Å². The molecule has 3 heteroatoms. The predicted molar refractivity (Wildman–Crippen MR) is 75.5 cm³/mol. The van der Waals surface area contributed by atoms with Crippen LogP contribution < -0.4 is 5.32 Å². The van der Waals surface area contributed by atoms with Crippen molar-refractivity contribution in [3.05, 3.63) is 30.1 Å². The van der Waals surface area contributed by atoms with Crippen molar-refractivity contribution in [2.45, 2.75) is 32.7 Å². The number of nitrogens with zero attached hydrogens (tertiary/aromatic N) is 2. The molecule has 3 nitrogen and oxygen atoms in total. The van der Waals surface area contributed by atoms with Gasteiger partial charge in [-0.05, 0) is 56.9 Å². The quantitative estimate of drug-likeness (QED) is 0.886. The summed E-state index contributed by atoms with van der Waals surface area (Å²) in [5.41, 5.74) is 1.72. The number of likely N-dealkylation sites (tertiary alicyclic amines) is 1. The first kappa shape index (κ1) is 13.5. The fourth-order valence-electron chi connectivity index (χ4n) is 2.48. The molecule has 1 saturated heterocycles. The zero-order chi connectivity index (χ0) is 13.0. The van der Waals surface area contributed by atoms with Crippen molar-refractivity contribution in [3.63, 3.8) is 0 Å². The Kier molecular flexibility index (Phi) is 4.36. The fourth-order valence-corrected chi connectivity index (χ4v) is 2.48. The zero-order valence-corrected chi connectivity index (χ0v) is 11.8. The maximum Gasteiger partial charge on any atom is 0.0315 e. The Morgan fingerprint density at radius 3 is 2.78 bits per heavy atom. The van der Waals surface area contributed by atoms with Crippen LogP contribution in [0.3, 0.4) is 0 Å². The standard InChI is InChI=1S/C15H25N3/c1-13(14-5-4-8-16-11-14)17-12-15(2)6-9-18(3)10-7-15/h4-5,8,11,13,17H,6-7,9-10,12H2,1-3H3. The third kappa shape index (κ3) is 3.53. The van der Waals surface area contributed by atoms with E-state index in [0.717, 1.165) is 6.54 Å². The Balaban J connectivity index is 1.84. The fraction of sp³-hybridized carbons (Fsp3) is 0.667. The molecule has 1 aromatic heterocycles. The average Bonchev–Trinajstić information content (AvgIpc) is 2.41. The minimum atomic E-state index is 0.384. The highest BCUT2D eigenvalue weighted by Gasteiger charge is 2.28. The van der Waals surface area contributed by atoms with E-state index in [1.165, 1.54) is 31.5 Å². The Morgan fingerprint density at radius 1 is 1.44 bits per heavy atom. The lowest BCUT2D eigenvalue weighted by Crippen LogP contribution is -2.42. The summed E-state index contributed by atoms with van der Waals surface area (Å²) in [7, 11) is 2.21. The van der Waals surface area contributed by atoms with Gasteiger partial charge in [0.1, 0.15) is 0 Å². The summed E-state index contributed by atoms with van der Waals surface area (Å²) in [4.78, 5) is 6.60. The smallest absolute Gasteiger partial charge is 0.0315 e. The Hall–Kier alpha value is -0.930. The van der Waals surface area contributed by atoms with E-state index in [1.54, 1.807) is 0 Å². The summed E-state index contributed by atoms with van der Waals surface area (Å²) < 4.78 is 0. The van der Waals surface area contributed by atoms with Crippen molar-refractivity contribution in [2.75, 3.05) is 26.7 Å². The third-order valence-corrected chi connectivity index (χ3v) is 4.21. The molecule has 1 atom stereocenters. The minimum Gasteiger partial charge on any atom is -0.310 e. The van der Waals surface area contributed by atoms with Gasteiger partial charge in [0.2, 0.25) is 0 Å². The van der Waals surface area contributed by atoms with Crippen molar-refractivity contribution in [2.24, 2.45) is 5.41 Å². The normalized spacial score (nSPS) is 21.7. The van der Waals surface area contributed by atoms with Crippen LogP contribution in [-0.4, -0.2) is 36.6 Å². The van der Waals surface area contributed by atoms with Gasteiger partial charge in [0.05, 0.1) is 0 Å². The number of hydrogen-bond acceptors (Lipinski definition) is 3. The number of nitrogens with one attached hydrogen (secondary N) is 1. The van der Waals surface area contributed by atoms with E-state index in [9.17, 15) is 0 Å². The van der Waals surface area contributed by atoms with Crippen LogP contribution in [0.4, 0.5) is 0 Å². The summed E-state index contributed by atoms with van der Waals surface area (Å²) in [5.74, 6) is 0. The molecule has 0 aromatic carbocycles. The highest BCUT2D eigenvalue weighted by molar-refractivity contribution is 5.12. The molecule has 0 saturated carbocycles. The van der Waals surface area contributed by atoms with Gasteiger partial charge in [-0.3, -0.25) is 4.98 Å². The van der Waals surface area contributed by atoms with Crippen LogP contribution in [0.25, 0.3) is 0 Å². The Bertz CT molecular complexity index is 355. The van der Waals surface area contributed by atoms with Crippen LogP contribution in [0.1, 0.15) is 38.3 Å². The maximum absolute atomic E-state index is 4.18. The number of hydrogen-bond donors (Lipinski definition) is 1. The summed E-state index contributed by atoms with van der Waals surface area (Å²) in [6, 6.07) is 4.53. The number of pyridine rings is 1. The first-order valence-corrected chi connectivity index (χ1v) is 6.91. The molecule has 1 fully saturated rings. The van der Waals surface area contributed by atoms with Crippen LogP contribution in [0.5, 0.6) is 0 Å². The van der Waals surface area contributed by atoms with Crippen LogP contribution >= 0.6 is 0 Å². The van der Waals surface area contributed by atoms with Crippen LogP contribution in [0.2, 0.25) is 0 Å². The molecule has 0 radical (unpaired) electrons. The van der Waals surface area contributed by atoms with Gasteiger partial charge in [0.15, 0.2) is 0 Å². The van der Waals surface area contributed by atoms with Gasteiger partial charge in [-0.15, -0.1) is 0 Å². The second-order valence-corrected chi connectivity index (χ2v) is 6.00. The molecule has 1 unspecified atom stereocenters. The van der Waals surface area contributed by atoms with E-state index in [-0.39, 0.29) is 0 Å². The molecule has 0 amide bonds. The second kappa shape index (κ2) is 5.81. The number of rotatable bonds is 4. The number of aromatic nitrogens is 1. The topological polar surface area (TPSA) is 28.2 Å². The van der Waals surface area contributed by atoms with E-state index in [4.69, 9.17) is 0 Å². The van der Waals surface area contributed by atoms with Crippen LogP contribution in [0, 0.1) is 5.41 Å². The maximum atomic E-state index is 4.18. The van der Waals surface area contributed by atoms with Crippen molar-refractivity contribution in [1.82, 2.24) is 15.2 Å². The van der Waals surface area contributed by atoms with Crippen LogP contribution in [-0.2, 0) is 0 Å². The number of piperidine rings is 1. The van der Waals surface area contributed by atoms with Gasteiger partial charge < -0.3 is 10.2 Å². The van der Waals surface area contributed by atoms with Crippen molar-refractivity contribution in [1.29, 1.82) is 0 Å². The molecular formula is C15H25N3. The van der Waals surface area contributed by atoms with Gasteiger partial charge >= 0.3 is 0 Å². The molecule has 1 aliphatic rings. The lowest BCUT2D eigenvalue weighted by atomic mass is 9.80. The largest absolute Gasteiger partial charge is 0.310 e. The van der Waals surface area contributed by atoms with Gasteiger partial charge in [0.25, 0.3) is 0 Å². The molecule has 1 aliphatic heterocycles.